The van der Waals surface area contributed by atoms with Crippen molar-refractivity contribution in [2.24, 2.45) is 0 Å². The quantitative estimate of drug-likeness (QED) is 0.205. The molecule has 210 valence electrons. The van der Waals surface area contributed by atoms with Crippen LogP contribution < -0.4 is 14.1 Å². The van der Waals surface area contributed by atoms with Gasteiger partial charge in [-0.3, -0.25) is 0 Å². The van der Waals surface area contributed by atoms with Crippen molar-refractivity contribution in [2.45, 2.75) is 5.66 Å². The molecule has 6 nitrogen and oxygen atoms in total. The summed E-state index contributed by atoms with van der Waals surface area (Å²) in [7, 11) is 0. The van der Waals surface area contributed by atoms with Gasteiger partial charge >= 0.3 is 5.66 Å². The maximum Gasteiger partial charge on any atom is 0.469 e. The number of pyridine rings is 1. The van der Waals surface area contributed by atoms with E-state index >= 15 is 0 Å². The van der Waals surface area contributed by atoms with E-state index in [2.05, 4.69) is 175 Å². The third kappa shape index (κ3) is 2.80. The fourth-order valence-corrected chi connectivity index (χ4v) is 7.87. The molecular weight excluding hydrogens is 554 g/mol. The van der Waals surface area contributed by atoms with Crippen molar-refractivity contribution in [3.8, 4) is 56.4 Å². The lowest BCUT2D eigenvalue weighted by Gasteiger charge is -2.22. The Labute approximate surface area is 258 Å². The Bertz CT molecular complexity index is 2520. The van der Waals surface area contributed by atoms with Gasteiger partial charge in [-0.15, -0.1) is 9.36 Å². The molecule has 1 unspecified atom stereocenters. The molecule has 11 rings (SSSR count). The van der Waals surface area contributed by atoms with Crippen LogP contribution in [0, 0.1) is 0 Å². The second kappa shape index (κ2) is 8.07. The number of aromatic nitrogens is 5. The van der Waals surface area contributed by atoms with Crippen LogP contribution in [0.15, 0.2) is 152 Å². The van der Waals surface area contributed by atoms with Crippen LogP contribution in [0.4, 0.5) is 0 Å². The maximum absolute atomic E-state index is 6.63. The summed E-state index contributed by atoms with van der Waals surface area (Å²) in [4.78, 5) is 0. The van der Waals surface area contributed by atoms with Gasteiger partial charge in [-0.1, -0.05) is 72.8 Å². The lowest BCUT2D eigenvalue weighted by atomic mass is 9.87. The first kappa shape index (κ1) is 23.3. The zero-order chi connectivity index (χ0) is 29.3. The van der Waals surface area contributed by atoms with Crippen LogP contribution in [0.1, 0.15) is 11.1 Å². The number of rotatable bonds is 3. The number of hydrogen-bond donors (Lipinski definition) is 0. The van der Waals surface area contributed by atoms with E-state index in [9.17, 15) is 0 Å². The standard InChI is InChI=1S/C39H25N5O/c1-2-8-26(9-3-1)27-15-17-28(18-16-27)29-22-41-33-11-6-13-35-37(33)39(43(41)24-29)38-34(12-7-14-36(38)45-35)42-23-30(25-44(39)42)32-20-19-31-10-4-5-21-40(31)32/h1-25H/q+2. The van der Waals surface area contributed by atoms with Gasteiger partial charge in [0.25, 0.3) is 0 Å². The molecule has 0 aliphatic carbocycles. The molecular formula is C39H25N5O+2. The number of nitrogens with zero attached hydrogens (tertiary/aromatic N) is 5. The summed E-state index contributed by atoms with van der Waals surface area (Å²) in [6, 6.07) is 42.9. The Morgan fingerprint density at radius 3 is 1.80 bits per heavy atom. The third-order valence-corrected chi connectivity index (χ3v) is 9.78. The second-order valence-electron chi connectivity index (χ2n) is 12.0. The Balaban J connectivity index is 1.16. The average Bonchev–Trinajstić information content (AvgIpc) is 3.90. The Kier molecular flexibility index (Phi) is 4.18. The predicted octanol–water partition coefficient (Wildman–Crippen LogP) is 7.13. The summed E-state index contributed by atoms with van der Waals surface area (Å²) in [5, 5.41) is 0. The minimum Gasteiger partial charge on any atom is -0.455 e. The first-order valence-corrected chi connectivity index (χ1v) is 15.3. The van der Waals surface area contributed by atoms with Gasteiger partial charge in [0.15, 0.2) is 11.1 Å². The van der Waals surface area contributed by atoms with Crippen LogP contribution in [0.5, 0.6) is 11.5 Å². The van der Waals surface area contributed by atoms with Gasteiger partial charge in [0.1, 0.15) is 22.9 Å². The first-order valence-electron chi connectivity index (χ1n) is 15.3. The molecule has 7 heterocycles. The van der Waals surface area contributed by atoms with Gasteiger partial charge in [-0.05, 0) is 74.6 Å². The molecule has 45 heavy (non-hydrogen) atoms. The van der Waals surface area contributed by atoms with Crippen molar-refractivity contribution in [1.29, 1.82) is 0 Å². The molecule has 3 aliphatic heterocycles. The van der Waals surface area contributed by atoms with Crippen LogP contribution in [0.2, 0.25) is 0 Å². The minimum absolute atomic E-state index is 0.649. The first-order chi connectivity index (χ1) is 22.3. The molecule has 0 fully saturated rings. The molecule has 1 spiro atoms. The third-order valence-electron chi connectivity index (χ3n) is 9.78. The van der Waals surface area contributed by atoms with E-state index in [0.717, 1.165) is 50.8 Å². The zero-order valence-electron chi connectivity index (χ0n) is 24.1. The Hall–Kier alpha value is -6.14. The molecule has 6 heteroatoms. The maximum atomic E-state index is 6.63. The average molecular weight is 580 g/mol. The highest BCUT2D eigenvalue weighted by molar-refractivity contribution is 5.73. The summed E-state index contributed by atoms with van der Waals surface area (Å²) < 4.78 is 18.3. The highest BCUT2D eigenvalue weighted by atomic mass is 16.5. The summed E-state index contributed by atoms with van der Waals surface area (Å²) in [6.45, 7) is 0. The van der Waals surface area contributed by atoms with Crippen molar-refractivity contribution in [2.75, 3.05) is 0 Å². The SMILES string of the molecule is c1ccc(-c2ccc(-c3cn4[n+](c3)C35c6c(cccc6-4)Oc4cccc(c43)-n3cc(-c4ccc6ccccn46)c[n+]35)cc2)cc1. The molecule has 0 saturated carbocycles. The van der Waals surface area contributed by atoms with E-state index in [-0.39, 0.29) is 0 Å². The van der Waals surface area contributed by atoms with Gasteiger partial charge in [0, 0.05) is 11.7 Å². The predicted molar refractivity (Wildman–Crippen MR) is 171 cm³/mol. The molecule has 4 aromatic heterocycles. The molecule has 0 saturated heterocycles. The lowest BCUT2D eigenvalue weighted by Crippen LogP contribution is -2.74. The van der Waals surface area contributed by atoms with Gasteiger partial charge in [0.05, 0.1) is 29.2 Å². The normalized spacial score (nSPS) is 16.3. The molecule has 1 atom stereocenters. The monoisotopic (exact) mass is 579 g/mol. The fraction of sp³-hybridized carbons (Fsp3) is 0.0256. The molecule has 0 radical (unpaired) electrons. The van der Waals surface area contributed by atoms with E-state index in [1.54, 1.807) is 0 Å². The number of fused-ring (bicyclic) bond motifs is 5. The van der Waals surface area contributed by atoms with Crippen LogP contribution >= 0.6 is 0 Å². The number of benzene rings is 4. The minimum atomic E-state index is -0.649. The van der Waals surface area contributed by atoms with Crippen molar-refractivity contribution < 1.29 is 14.1 Å². The summed E-state index contributed by atoms with van der Waals surface area (Å²) in [6.07, 6.45) is 11.3. The van der Waals surface area contributed by atoms with Crippen LogP contribution in [-0.4, -0.2) is 13.8 Å². The fourth-order valence-electron chi connectivity index (χ4n) is 7.87. The van der Waals surface area contributed by atoms with E-state index in [1.165, 1.54) is 22.2 Å². The van der Waals surface area contributed by atoms with E-state index in [4.69, 9.17) is 4.74 Å². The Morgan fingerprint density at radius 2 is 1.09 bits per heavy atom. The van der Waals surface area contributed by atoms with Crippen molar-refractivity contribution in [3.05, 3.63) is 163 Å². The van der Waals surface area contributed by atoms with Gasteiger partial charge < -0.3 is 9.14 Å². The summed E-state index contributed by atoms with van der Waals surface area (Å²) >= 11 is 0. The topological polar surface area (TPSA) is 31.3 Å². The van der Waals surface area contributed by atoms with Gasteiger partial charge in [-0.25, -0.2) is 0 Å². The van der Waals surface area contributed by atoms with E-state index in [1.807, 2.05) is 0 Å². The molecule has 3 aliphatic rings. The number of hydrogen-bond acceptors (Lipinski definition) is 1. The summed E-state index contributed by atoms with van der Waals surface area (Å²) in [5.41, 5.74) is 12.2. The molecule has 8 aromatic rings. The van der Waals surface area contributed by atoms with E-state index in [0.29, 0.717) is 0 Å². The van der Waals surface area contributed by atoms with Crippen molar-refractivity contribution in [1.82, 2.24) is 13.8 Å². The smallest absolute Gasteiger partial charge is 0.455 e. The molecule has 0 N–H and O–H groups in total. The lowest BCUT2D eigenvalue weighted by molar-refractivity contribution is -1.02. The molecule has 4 aromatic carbocycles. The van der Waals surface area contributed by atoms with Gasteiger partial charge in [0.2, 0.25) is 12.4 Å². The zero-order valence-corrected chi connectivity index (χ0v) is 24.1. The second-order valence-corrected chi connectivity index (χ2v) is 12.0. The van der Waals surface area contributed by atoms with Crippen molar-refractivity contribution >= 4 is 5.52 Å². The highest BCUT2D eigenvalue weighted by Gasteiger charge is 2.73. The highest BCUT2D eigenvalue weighted by Crippen LogP contribution is 2.54. The van der Waals surface area contributed by atoms with Crippen LogP contribution in [-0.2, 0) is 5.66 Å². The largest absolute Gasteiger partial charge is 0.469 e. The number of ether oxygens (including phenoxy) is 1. The van der Waals surface area contributed by atoms with E-state index < -0.39 is 5.66 Å². The molecule has 0 bridgehead atoms. The van der Waals surface area contributed by atoms with Crippen LogP contribution in [0.3, 0.4) is 0 Å². The van der Waals surface area contributed by atoms with Gasteiger partial charge in [-0.2, -0.15) is 0 Å². The Morgan fingerprint density at radius 1 is 0.489 bits per heavy atom. The summed E-state index contributed by atoms with van der Waals surface area (Å²) in [5.74, 6) is 1.78. The van der Waals surface area contributed by atoms with Crippen molar-refractivity contribution in [3.63, 3.8) is 0 Å². The molecule has 0 amide bonds. The van der Waals surface area contributed by atoms with Crippen LogP contribution in [0.25, 0.3) is 50.4 Å².